The van der Waals surface area contributed by atoms with Crippen LogP contribution in [0, 0.1) is 0 Å². The minimum absolute atomic E-state index is 0.935. The Morgan fingerprint density at radius 3 is 1.53 bits per heavy atom. The number of aromatic nitrogens is 1. The molecule has 6 aromatic rings. The summed E-state index contributed by atoms with van der Waals surface area (Å²) in [6.45, 7) is 3.14. The second-order valence-corrected chi connectivity index (χ2v) is 9.08. The van der Waals surface area contributed by atoms with E-state index in [1.54, 1.807) is 0 Å². The topological polar surface area (TPSA) is 3.88 Å². The molecule has 0 atom stereocenters. The Morgan fingerprint density at radius 2 is 0.972 bits per heavy atom. The summed E-state index contributed by atoms with van der Waals surface area (Å²) in [5.41, 5.74) is 11.2. The summed E-state index contributed by atoms with van der Waals surface area (Å²) in [6.07, 6.45) is 2.23. The van der Waals surface area contributed by atoms with Crippen molar-refractivity contribution in [2.75, 3.05) is 0 Å². The molecule has 0 saturated carbocycles. The van der Waals surface area contributed by atoms with E-state index in [1.165, 1.54) is 55.4 Å². The fourth-order valence-corrected chi connectivity index (χ4v) is 5.20. The highest BCUT2D eigenvalue weighted by Crippen LogP contribution is 2.44. The maximum atomic E-state index is 2.36. The van der Waals surface area contributed by atoms with E-state index < -0.39 is 0 Å². The van der Waals surface area contributed by atoms with Crippen molar-refractivity contribution in [1.29, 1.82) is 0 Å². The number of aryl methyl sites for hydroxylation is 1. The molecule has 172 valence electrons. The van der Waals surface area contributed by atoms with E-state index in [1.807, 2.05) is 0 Å². The number of hydrogen-bond donors (Lipinski definition) is 0. The third-order valence-corrected chi connectivity index (χ3v) is 6.95. The first-order valence-corrected chi connectivity index (χ1v) is 12.6. The third-order valence-electron chi connectivity index (χ3n) is 6.95. The standard InChI is InChI=1S/C35H28N/c1-2-36-23-22-31(30-20-12-13-21-34(30)36)35-32(27-16-8-4-9-17-27)24-29(26-14-6-3-7-15-26)25-33(35)28-18-10-5-11-19-28/h3-25H,2H2,1H3/q+1. The molecule has 0 radical (unpaired) electrons. The van der Waals surface area contributed by atoms with E-state index in [0.29, 0.717) is 0 Å². The van der Waals surface area contributed by atoms with Crippen LogP contribution in [0.4, 0.5) is 0 Å². The van der Waals surface area contributed by atoms with Gasteiger partial charge < -0.3 is 0 Å². The lowest BCUT2D eigenvalue weighted by Gasteiger charge is -2.20. The van der Waals surface area contributed by atoms with Gasteiger partial charge in [0.05, 0.1) is 5.39 Å². The largest absolute Gasteiger partial charge is 0.213 e. The van der Waals surface area contributed by atoms with Gasteiger partial charge in [-0.3, -0.25) is 0 Å². The van der Waals surface area contributed by atoms with Gasteiger partial charge in [0.2, 0.25) is 5.52 Å². The molecule has 1 aromatic heterocycles. The summed E-state index contributed by atoms with van der Waals surface area (Å²) in [4.78, 5) is 0. The highest BCUT2D eigenvalue weighted by molar-refractivity contribution is 6.04. The van der Waals surface area contributed by atoms with Gasteiger partial charge in [0.15, 0.2) is 6.20 Å². The van der Waals surface area contributed by atoms with Gasteiger partial charge in [0.1, 0.15) is 6.54 Å². The van der Waals surface area contributed by atoms with Gasteiger partial charge in [-0.2, -0.15) is 4.57 Å². The summed E-state index contributed by atoms with van der Waals surface area (Å²) in [7, 11) is 0. The van der Waals surface area contributed by atoms with Crippen LogP contribution in [0.15, 0.2) is 140 Å². The second kappa shape index (κ2) is 9.64. The molecule has 36 heavy (non-hydrogen) atoms. The molecule has 0 unspecified atom stereocenters. The Bertz CT molecular complexity index is 1570. The Kier molecular flexibility index (Phi) is 5.89. The van der Waals surface area contributed by atoms with Gasteiger partial charge in [0.25, 0.3) is 0 Å². The molecule has 0 aliphatic carbocycles. The Morgan fingerprint density at radius 1 is 0.472 bits per heavy atom. The lowest BCUT2D eigenvalue weighted by atomic mass is 9.84. The highest BCUT2D eigenvalue weighted by Gasteiger charge is 2.21. The SMILES string of the molecule is CC[n+]1ccc(-c2c(-c3ccccc3)cc(-c3ccccc3)cc2-c2ccccc2)c2ccccc21. The second-order valence-electron chi connectivity index (χ2n) is 9.08. The average molecular weight is 463 g/mol. The van der Waals surface area contributed by atoms with Crippen LogP contribution in [-0.4, -0.2) is 0 Å². The predicted octanol–water partition coefficient (Wildman–Crippen LogP) is 8.82. The molecule has 5 aromatic carbocycles. The van der Waals surface area contributed by atoms with Crippen LogP contribution in [-0.2, 0) is 6.54 Å². The molecule has 0 aliphatic rings. The van der Waals surface area contributed by atoms with Gasteiger partial charge in [-0.05, 0) is 64.1 Å². The van der Waals surface area contributed by atoms with Crippen molar-refractivity contribution in [3.8, 4) is 44.5 Å². The molecule has 0 amide bonds. The zero-order chi connectivity index (χ0) is 24.3. The van der Waals surface area contributed by atoms with Gasteiger partial charge in [-0.15, -0.1) is 0 Å². The molecule has 1 heteroatoms. The van der Waals surface area contributed by atoms with Crippen molar-refractivity contribution < 1.29 is 4.57 Å². The van der Waals surface area contributed by atoms with Crippen molar-refractivity contribution >= 4 is 10.9 Å². The first-order valence-electron chi connectivity index (χ1n) is 12.6. The summed E-state index contributed by atoms with van der Waals surface area (Å²) in [6, 6.07) is 48.1. The van der Waals surface area contributed by atoms with Crippen LogP contribution in [0.1, 0.15) is 6.92 Å². The number of para-hydroxylation sites is 1. The molecular formula is C35H28N+. The van der Waals surface area contributed by atoms with E-state index in [0.717, 1.165) is 6.54 Å². The number of hydrogen-bond acceptors (Lipinski definition) is 0. The van der Waals surface area contributed by atoms with Crippen molar-refractivity contribution in [2.24, 2.45) is 0 Å². The van der Waals surface area contributed by atoms with Crippen LogP contribution < -0.4 is 4.57 Å². The number of fused-ring (bicyclic) bond motifs is 1. The molecule has 6 rings (SSSR count). The summed E-state index contributed by atoms with van der Waals surface area (Å²) in [5.74, 6) is 0. The van der Waals surface area contributed by atoms with Crippen molar-refractivity contribution in [1.82, 2.24) is 0 Å². The molecule has 0 aliphatic heterocycles. The van der Waals surface area contributed by atoms with E-state index in [2.05, 4.69) is 151 Å². The monoisotopic (exact) mass is 462 g/mol. The number of benzene rings is 5. The minimum Gasteiger partial charge on any atom is -0.199 e. The normalized spacial score (nSPS) is 11.0. The zero-order valence-electron chi connectivity index (χ0n) is 20.4. The quantitative estimate of drug-likeness (QED) is 0.225. The van der Waals surface area contributed by atoms with E-state index in [-0.39, 0.29) is 0 Å². The van der Waals surface area contributed by atoms with Crippen molar-refractivity contribution in [2.45, 2.75) is 13.5 Å². The smallest absolute Gasteiger partial charge is 0.199 e. The van der Waals surface area contributed by atoms with E-state index in [9.17, 15) is 0 Å². The maximum Gasteiger partial charge on any atom is 0.213 e. The number of nitrogens with zero attached hydrogens (tertiary/aromatic N) is 1. The predicted molar refractivity (Wildman–Crippen MR) is 152 cm³/mol. The Balaban J connectivity index is 1.76. The van der Waals surface area contributed by atoms with Gasteiger partial charge in [-0.1, -0.05) is 103 Å². The van der Waals surface area contributed by atoms with Crippen LogP contribution in [0.25, 0.3) is 55.4 Å². The van der Waals surface area contributed by atoms with Crippen molar-refractivity contribution in [3.63, 3.8) is 0 Å². The van der Waals surface area contributed by atoms with Crippen LogP contribution in [0.3, 0.4) is 0 Å². The lowest BCUT2D eigenvalue weighted by molar-refractivity contribution is -0.667. The van der Waals surface area contributed by atoms with E-state index in [4.69, 9.17) is 0 Å². The Labute approximate surface area is 213 Å². The highest BCUT2D eigenvalue weighted by atomic mass is 14.9. The van der Waals surface area contributed by atoms with Crippen LogP contribution in [0.2, 0.25) is 0 Å². The molecule has 0 saturated heterocycles. The number of pyridine rings is 1. The van der Waals surface area contributed by atoms with Gasteiger partial charge >= 0.3 is 0 Å². The first-order chi connectivity index (χ1) is 17.8. The Hall–Kier alpha value is -4.49. The molecular weight excluding hydrogens is 434 g/mol. The lowest BCUT2D eigenvalue weighted by Crippen LogP contribution is -2.32. The third kappa shape index (κ3) is 3.99. The first kappa shape index (κ1) is 22.0. The minimum atomic E-state index is 0.935. The fourth-order valence-electron chi connectivity index (χ4n) is 5.20. The molecule has 0 spiro atoms. The van der Waals surface area contributed by atoms with E-state index >= 15 is 0 Å². The molecule has 0 fully saturated rings. The van der Waals surface area contributed by atoms with Crippen LogP contribution in [0.5, 0.6) is 0 Å². The number of rotatable bonds is 5. The average Bonchev–Trinajstić information content (AvgIpc) is 2.97. The van der Waals surface area contributed by atoms with Gasteiger partial charge in [-0.25, -0.2) is 0 Å². The summed E-state index contributed by atoms with van der Waals surface area (Å²) >= 11 is 0. The summed E-state index contributed by atoms with van der Waals surface area (Å²) < 4.78 is 2.32. The molecule has 1 nitrogen and oxygen atoms in total. The fraction of sp³-hybridized carbons (Fsp3) is 0.0571. The zero-order valence-corrected chi connectivity index (χ0v) is 20.4. The van der Waals surface area contributed by atoms with Crippen molar-refractivity contribution in [3.05, 3.63) is 140 Å². The summed E-state index contributed by atoms with van der Waals surface area (Å²) in [5, 5.41) is 1.27. The van der Waals surface area contributed by atoms with Gasteiger partial charge in [0, 0.05) is 17.7 Å². The van der Waals surface area contributed by atoms with Crippen LogP contribution >= 0.6 is 0 Å². The molecule has 0 bridgehead atoms. The maximum absolute atomic E-state index is 2.36. The molecule has 1 heterocycles. The molecule has 0 N–H and O–H groups in total.